The van der Waals surface area contributed by atoms with Gasteiger partial charge in [0, 0.05) is 29.9 Å². The number of allylic oxidation sites excluding steroid dienone is 2. The van der Waals surface area contributed by atoms with Gasteiger partial charge in [0.15, 0.2) is 0 Å². The summed E-state index contributed by atoms with van der Waals surface area (Å²) in [6.07, 6.45) is 8.32. The van der Waals surface area contributed by atoms with E-state index in [1.54, 1.807) is 0 Å². The number of β-amino-alcohol motifs (C(OH)–C–C–N with tert-alkyl or cyclic N) is 1. The highest BCUT2D eigenvalue weighted by atomic mass is 16.3. The van der Waals surface area contributed by atoms with Crippen LogP contribution in [0.25, 0.3) is 0 Å². The van der Waals surface area contributed by atoms with Crippen molar-refractivity contribution in [2.75, 3.05) is 23.3 Å². The standard InChI is InChI=1S/C22H24N2O/c1-22-14-8-7-13-21(22)24(20-12-6-5-11-19(20)22)16-18(25)15-23-17-9-3-2-4-10-17/h2-14,18,21,23,25H,15-16H2,1H3. The van der Waals surface area contributed by atoms with Crippen LogP contribution in [0.4, 0.5) is 11.4 Å². The molecule has 0 bridgehead atoms. The van der Waals surface area contributed by atoms with Crippen LogP contribution in [0.2, 0.25) is 0 Å². The molecule has 0 saturated carbocycles. The van der Waals surface area contributed by atoms with E-state index in [2.05, 4.69) is 65.7 Å². The zero-order chi connectivity index (χ0) is 17.3. The van der Waals surface area contributed by atoms with E-state index in [1.165, 1.54) is 11.3 Å². The minimum atomic E-state index is -0.449. The summed E-state index contributed by atoms with van der Waals surface area (Å²) < 4.78 is 0. The average molecular weight is 332 g/mol. The Hall–Kier alpha value is -2.52. The van der Waals surface area contributed by atoms with Crippen molar-refractivity contribution in [3.05, 3.63) is 84.5 Å². The fourth-order valence-electron chi connectivity index (χ4n) is 4.02. The van der Waals surface area contributed by atoms with E-state index in [4.69, 9.17) is 0 Å². The predicted molar refractivity (Wildman–Crippen MR) is 104 cm³/mol. The molecule has 2 aromatic carbocycles. The van der Waals surface area contributed by atoms with Crippen molar-refractivity contribution in [1.82, 2.24) is 0 Å². The normalized spacial score (nSPS) is 24.7. The first kappa shape index (κ1) is 16.0. The van der Waals surface area contributed by atoms with Crippen molar-refractivity contribution in [3.63, 3.8) is 0 Å². The Kier molecular flexibility index (Phi) is 4.10. The van der Waals surface area contributed by atoms with Crippen LogP contribution in [0.15, 0.2) is 78.9 Å². The van der Waals surface area contributed by atoms with Gasteiger partial charge in [-0.25, -0.2) is 0 Å². The smallest absolute Gasteiger partial charge is 0.0887 e. The first-order valence-corrected chi connectivity index (χ1v) is 8.87. The van der Waals surface area contributed by atoms with Gasteiger partial charge in [-0.05, 0) is 30.7 Å². The molecule has 128 valence electrons. The van der Waals surface area contributed by atoms with Gasteiger partial charge in [-0.3, -0.25) is 0 Å². The summed E-state index contributed by atoms with van der Waals surface area (Å²) in [5, 5.41) is 13.9. The van der Waals surface area contributed by atoms with Crippen LogP contribution in [0.5, 0.6) is 0 Å². The molecule has 0 radical (unpaired) electrons. The van der Waals surface area contributed by atoms with Crippen molar-refractivity contribution in [2.24, 2.45) is 0 Å². The van der Waals surface area contributed by atoms with Crippen LogP contribution in [-0.2, 0) is 5.41 Å². The quantitative estimate of drug-likeness (QED) is 0.876. The van der Waals surface area contributed by atoms with E-state index >= 15 is 0 Å². The first-order chi connectivity index (χ1) is 12.2. The number of fused-ring (bicyclic) bond motifs is 3. The molecular weight excluding hydrogens is 308 g/mol. The molecule has 3 nitrogen and oxygen atoms in total. The molecule has 25 heavy (non-hydrogen) atoms. The summed E-state index contributed by atoms with van der Waals surface area (Å²) >= 11 is 0. The second kappa shape index (κ2) is 6.41. The lowest BCUT2D eigenvalue weighted by atomic mass is 9.76. The number of aliphatic hydroxyl groups is 1. The zero-order valence-electron chi connectivity index (χ0n) is 14.5. The first-order valence-electron chi connectivity index (χ1n) is 8.87. The molecule has 2 aliphatic rings. The molecule has 2 N–H and O–H groups in total. The number of nitrogens with one attached hydrogen (secondary N) is 1. The number of aliphatic hydroxyl groups excluding tert-OH is 1. The Balaban J connectivity index is 1.52. The number of nitrogens with zero attached hydrogens (tertiary/aromatic N) is 1. The lowest BCUT2D eigenvalue weighted by molar-refractivity contribution is 0.190. The number of benzene rings is 2. The van der Waals surface area contributed by atoms with E-state index in [9.17, 15) is 5.11 Å². The van der Waals surface area contributed by atoms with Crippen LogP contribution >= 0.6 is 0 Å². The number of para-hydroxylation sites is 2. The lowest BCUT2D eigenvalue weighted by Gasteiger charge is -2.35. The monoisotopic (exact) mass is 332 g/mol. The van der Waals surface area contributed by atoms with Crippen molar-refractivity contribution < 1.29 is 5.11 Å². The van der Waals surface area contributed by atoms with Crippen molar-refractivity contribution >= 4 is 11.4 Å². The van der Waals surface area contributed by atoms with Gasteiger partial charge in [-0.15, -0.1) is 0 Å². The number of hydrogen-bond donors (Lipinski definition) is 2. The van der Waals surface area contributed by atoms with Gasteiger partial charge in [0.1, 0.15) is 0 Å². The van der Waals surface area contributed by atoms with E-state index in [-0.39, 0.29) is 11.5 Å². The van der Waals surface area contributed by atoms with E-state index in [1.807, 2.05) is 30.3 Å². The minimum Gasteiger partial charge on any atom is -0.389 e. The fourth-order valence-corrected chi connectivity index (χ4v) is 4.02. The van der Waals surface area contributed by atoms with Gasteiger partial charge in [0.05, 0.1) is 12.1 Å². The van der Waals surface area contributed by atoms with Crippen LogP contribution < -0.4 is 10.2 Å². The third kappa shape index (κ3) is 2.85. The molecule has 1 aliphatic carbocycles. The summed E-state index contributed by atoms with van der Waals surface area (Å²) in [6.45, 7) is 3.42. The molecule has 0 amide bonds. The molecule has 0 aromatic heterocycles. The Morgan fingerprint density at radius 1 is 1.08 bits per heavy atom. The highest BCUT2D eigenvalue weighted by Crippen LogP contribution is 2.47. The molecule has 0 spiro atoms. The number of hydrogen-bond acceptors (Lipinski definition) is 3. The third-order valence-corrected chi connectivity index (χ3v) is 5.31. The van der Waals surface area contributed by atoms with Crippen LogP contribution in [0, 0.1) is 0 Å². The Morgan fingerprint density at radius 3 is 2.68 bits per heavy atom. The molecule has 3 atom stereocenters. The molecule has 1 heterocycles. The second-order valence-electron chi connectivity index (χ2n) is 7.04. The molecule has 4 rings (SSSR count). The Morgan fingerprint density at radius 2 is 1.84 bits per heavy atom. The van der Waals surface area contributed by atoms with E-state index in [0.717, 1.165) is 5.69 Å². The molecule has 0 fully saturated rings. The SMILES string of the molecule is CC12C=CC=CC1N(CC(O)CNc1ccccc1)c1ccccc12. The average Bonchev–Trinajstić information content (AvgIpc) is 2.90. The highest BCUT2D eigenvalue weighted by Gasteiger charge is 2.45. The minimum absolute atomic E-state index is 0.0298. The summed E-state index contributed by atoms with van der Waals surface area (Å²) in [4.78, 5) is 2.34. The molecule has 0 saturated heterocycles. The van der Waals surface area contributed by atoms with E-state index < -0.39 is 6.10 Å². The summed E-state index contributed by atoms with van der Waals surface area (Å²) in [6, 6.07) is 18.8. The van der Waals surface area contributed by atoms with Gasteiger partial charge >= 0.3 is 0 Å². The van der Waals surface area contributed by atoms with Crippen molar-refractivity contribution in [3.8, 4) is 0 Å². The largest absolute Gasteiger partial charge is 0.389 e. The summed E-state index contributed by atoms with van der Waals surface area (Å²) in [5.41, 5.74) is 3.57. The van der Waals surface area contributed by atoms with E-state index in [0.29, 0.717) is 13.1 Å². The van der Waals surface area contributed by atoms with Crippen LogP contribution in [-0.4, -0.2) is 30.3 Å². The van der Waals surface area contributed by atoms with Crippen molar-refractivity contribution in [2.45, 2.75) is 24.5 Å². The topological polar surface area (TPSA) is 35.5 Å². The maximum Gasteiger partial charge on any atom is 0.0887 e. The summed E-state index contributed by atoms with van der Waals surface area (Å²) in [5.74, 6) is 0. The molecule has 3 heteroatoms. The van der Waals surface area contributed by atoms with Crippen LogP contribution in [0.1, 0.15) is 12.5 Å². The highest BCUT2D eigenvalue weighted by molar-refractivity contribution is 5.68. The molecule has 1 aliphatic heterocycles. The Bertz CT molecular complexity index is 799. The van der Waals surface area contributed by atoms with Crippen molar-refractivity contribution in [1.29, 1.82) is 0 Å². The maximum atomic E-state index is 10.6. The number of anilines is 2. The van der Waals surface area contributed by atoms with Crippen LogP contribution in [0.3, 0.4) is 0 Å². The number of rotatable bonds is 5. The van der Waals surface area contributed by atoms with Gasteiger partial charge in [-0.2, -0.15) is 0 Å². The second-order valence-corrected chi connectivity index (χ2v) is 7.04. The molecule has 2 aromatic rings. The van der Waals surface area contributed by atoms with Gasteiger partial charge in [0.2, 0.25) is 0 Å². The fraction of sp³-hybridized carbons (Fsp3) is 0.273. The third-order valence-electron chi connectivity index (χ3n) is 5.31. The Labute approximate surface area is 149 Å². The predicted octanol–water partition coefficient (Wildman–Crippen LogP) is 3.73. The van der Waals surface area contributed by atoms with Gasteiger partial charge < -0.3 is 15.3 Å². The summed E-state index contributed by atoms with van der Waals surface area (Å²) in [7, 11) is 0. The maximum absolute atomic E-state index is 10.6. The van der Waals surface area contributed by atoms with Gasteiger partial charge in [-0.1, -0.05) is 60.7 Å². The molecular formula is C22H24N2O. The van der Waals surface area contributed by atoms with Gasteiger partial charge in [0.25, 0.3) is 0 Å². The molecule has 3 unspecified atom stereocenters. The lowest BCUT2D eigenvalue weighted by Crippen LogP contribution is -2.46. The zero-order valence-corrected chi connectivity index (χ0v) is 14.5.